The van der Waals surface area contributed by atoms with Crippen LogP contribution in [0.1, 0.15) is 37.6 Å². The average molecular weight is 401 g/mol. The molecule has 29 heavy (non-hydrogen) atoms. The van der Waals surface area contributed by atoms with Crippen molar-refractivity contribution in [2.45, 2.75) is 39.5 Å². The van der Waals surface area contributed by atoms with Crippen molar-refractivity contribution in [2.24, 2.45) is 5.41 Å². The van der Waals surface area contributed by atoms with Crippen LogP contribution in [-0.4, -0.2) is 53.4 Å². The van der Waals surface area contributed by atoms with Crippen molar-refractivity contribution in [1.82, 2.24) is 15.2 Å². The van der Waals surface area contributed by atoms with Gasteiger partial charge in [-0.1, -0.05) is 28.5 Å². The Morgan fingerprint density at radius 2 is 1.90 bits per heavy atom. The number of likely N-dealkylation sites (tertiary alicyclic amines) is 1. The molecular formula is C21H27N3O5. The summed E-state index contributed by atoms with van der Waals surface area (Å²) in [5.74, 6) is 0.526. The highest BCUT2D eigenvalue weighted by molar-refractivity contribution is 5.80. The van der Waals surface area contributed by atoms with Gasteiger partial charge < -0.3 is 14.4 Å². The Morgan fingerprint density at radius 3 is 2.52 bits per heavy atom. The smallest absolute Gasteiger partial charge is 0.312 e. The minimum atomic E-state index is -0.632. The van der Waals surface area contributed by atoms with Crippen LogP contribution in [0.25, 0.3) is 0 Å². The highest BCUT2D eigenvalue weighted by Crippen LogP contribution is 2.37. The second-order valence-corrected chi connectivity index (χ2v) is 7.27. The fraction of sp³-hybridized carbons (Fsp3) is 0.524. The van der Waals surface area contributed by atoms with Gasteiger partial charge in [-0.05, 0) is 45.2 Å². The molecule has 1 aliphatic rings. The summed E-state index contributed by atoms with van der Waals surface area (Å²) >= 11 is 0. The molecule has 3 rings (SSSR count). The number of aromatic nitrogens is 2. The molecule has 0 radical (unpaired) electrons. The first-order valence-electron chi connectivity index (χ1n) is 9.95. The minimum Gasteiger partial charge on any atom is -0.494 e. The molecule has 8 nitrogen and oxygen atoms in total. The number of piperidine rings is 1. The molecular weight excluding hydrogens is 374 g/mol. The van der Waals surface area contributed by atoms with Crippen LogP contribution in [0.2, 0.25) is 0 Å². The first-order chi connectivity index (χ1) is 14.0. The van der Waals surface area contributed by atoms with Crippen LogP contribution in [0.3, 0.4) is 0 Å². The maximum atomic E-state index is 12.7. The number of hydrogen-bond acceptors (Lipinski definition) is 7. The van der Waals surface area contributed by atoms with Crippen LogP contribution in [0, 0.1) is 12.3 Å². The van der Waals surface area contributed by atoms with Gasteiger partial charge in [0.05, 0.1) is 25.0 Å². The molecule has 0 unspecified atom stereocenters. The van der Waals surface area contributed by atoms with Gasteiger partial charge in [-0.15, -0.1) is 0 Å². The minimum absolute atomic E-state index is 0.0400. The second kappa shape index (κ2) is 9.54. The number of nitrogens with zero attached hydrogens (tertiary/aromatic N) is 3. The summed E-state index contributed by atoms with van der Waals surface area (Å²) in [6, 6.07) is 9.52. The molecule has 1 aromatic heterocycles. The maximum absolute atomic E-state index is 12.7. The molecule has 1 saturated heterocycles. The average Bonchev–Trinajstić information content (AvgIpc) is 3.14. The van der Waals surface area contributed by atoms with Crippen LogP contribution >= 0.6 is 0 Å². The van der Waals surface area contributed by atoms with Crippen molar-refractivity contribution >= 4 is 11.9 Å². The maximum Gasteiger partial charge on any atom is 0.312 e. The standard InChI is InChI=1S/C21H27N3O5/c1-3-27-20(26)21(11-14-28-17-7-5-4-6-8-17)9-12-24(13-10-21)19(25)15-18-16(2)22-29-23-18/h4-8H,3,9-15H2,1-2H3. The lowest BCUT2D eigenvalue weighted by Gasteiger charge is -2.39. The van der Waals surface area contributed by atoms with Gasteiger partial charge in [0.25, 0.3) is 0 Å². The first kappa shape index (κ1) is 20.8. The van der Waals surface area contributed by atoms with Crippen molar-refractivity contribution in [2.75, 3.05) is 26.3 Å². The second-order valence-electron chi connectivity index (χ2n) is 7.27. The molecule has 2 aromatic rings. The van der Waals surface area contributed by atoms with E-state index in [4.69, 9.17) is 9.47 Å². The van der Waals surface area contributed by atoms with Crippen LogP contribution in [0.5, 0.6) is 5.75 Å². The summed E-state index contributed by atoms with van der Waals surface area (Å²) in [6.07, 6.45) is 1.80. The Hall–Kier alpha value is -2.90. The molecule has 1 amide bonds. The summed E-state index contributed by atoms with van der Waals surface area (Å²) in [7, 11) is 0. The van der Waals surface area contributed by atoms with Crippen molar-refractivity contribution in [1.29, 1.82) is 0 Å². The number of aryl methyl sites for hydroxylation is 1. The fourth-order valence-electron chi connectivity index (χ4n) is 3.57. The first-order valence-corrected chi connectivity index (χ1v) is 9.95. The largest absolute Gasteiger partial charge is 0.494 e. The van der Waals surface area contributed by atoms with Gasteiger partial charge in [0, 0.05) is 13.1 Å². The number of carbonyl (C=O) groups is 2. The lowest BCUT2D eigenvalue weighted by Crippen LogP contribution is -2.48. The Bertz CT molecular complexity index is 813. The van der Waals surface area contributed by atoms with E-state index >= 15 is 0 Å². The van der Waals surface area contributed by atoms with Crippen molar-refractivity contribution < 1.29 is 23.7 Å². The van der Waals surface area contributed by atoms with Gasteiger partial charge in [0.1, 0.15) is 17.1 Å². The summed E-state index contributed by atoms with van der Waals surface area (Å²) < 4.78 is 15.8. The quantitative estimate of drug-likeness (QED) is 0.627. The van der Waals surface area contributed by atoms with E-state index in [1.54, 1.807) is 18.7 Å². The monoisotopic (exact) mass is 401 g/mol. The predicted octanol–water partition coefficient (Wildman–Crippen LogP) is 2.56. The number of rotatable bonds is 8. The molecule has 1 aromatic carbocycles. The molecule has 1 fully saturated rings. The third-order valence-corrected chi connectivity index (χ3v) is 5.44. The molecule has 2 heterocycles. The molecule has 0 bridgehead atoms. The van der Waals surface area contributed by atoms with E-state index in [0.29, 0.717) is 57.0 Å². The van der Waals surface area contributed by atoms with E-state index in [2.05, 4.69) is 14.9 Å². The highest BCUT2D eigenvalue weighted by Gasteiger charge is 2.43. The normalized spacial score (nSPS) is 15.7. The zero-order valence-corrected chi connectivity index (χ0v) is 16.9. The van der Waals surface area contributed by atoms with Crippen LogP contribution in [0.15, 0.2) is 35.0 Å². The van der Waals surface area contributed by atoms with E-state index in [1.807, 2.05) is 30.3 Å². The number of hydrogen-bond donors (Lipinski definition) is 0. The number of benzene rings is 1. The lowest BCUT2D eigenvalue weighted by molar-refractivity contribution is -0.161. The number of ether oxygens (including phenoxy) is 2. The number of esters is 1. The fourth-order valence-corrected chi connectivity index (χ4v) is 3.57. The molecule has 0 aliphatic carbocycles. The zero-order valence-electron chi connectivity index (χ0n) is 16.9. The zero-order chi connectivity index (χ0) is 20.7. The third kappa shape index (κ3) is 5.13. The van der Waals surface area contributed by atoms with E-state index < -0.39 is 5.41 Å². The van der Waals surface area contributed by atoms with E-state index in [0.717, 1.165) is 5.75 Å². The molecule has 156 valence electrons. The molecule has 8 heteroatoms. The van der Waals surface area contributed by atoms with Gasteiger partial charge in [0.15, 0.2) is 0 Å². The predicted molar refractivity (Wildman–Crippen MR) is 104 cm³/mol. The Kier molecular flexibility index (Phi) is 6.85. The number of carbonyl (C=O) groups excluding carboxylic acids is 2. The SMILES string of the molecule is CCOC(=O)C1(CCOc2ccccc2)CCN(C(=O)Cc2nonc2C)CC1. The summed E-state index contributed by atoms with van der Waals surface area (Å²) in [5, 5.41) is 7.49. The van der Waals surface area contributed by atoms with Crippen molar-refractivity contribution in [3.8, 4) is 5.75 Å². The Balaban J connectivity index is 1.59. The Morgan fingerprint density at radius 1 is 1.17 bits per heavy atom. The Labute approximate surface area is 170 Å². The molecule has 0 saturated carbocycles. The topological polar surface area (TPSA) is 94.8 Å². The van der Waals surface area contributed by atoms with Gasteiger partial charge in [0.2, 0.25) is 5.91 Å². The summed E-state index contributed by atoms with van der Waals surface area (Å²) in [5.41, 5.74) is 0.537. The molecule has 0 N–H and O–H groups in total. The van der Waals surface area contributed by atoms with Gasteiger partial charge in [-0.25, -0.2) is 4.63 Å². The summed E-state index contributed by atoms with van der Waals surface area (Å²) in [4.78, 5) is 27.1. The van der Waals surface area contributed by atoms with Gasteiger partial charge in [-0.2, -0.15) is 0 Å². The molecule has 0 atom stereocenters. The number of amides is 1. The third-order valence-electron chi connectivity index (χ3n) is 5.44. The number of para-hydroxylation sites is 1. The lowest BCUT2D eigenvalue weighted by atomic mass is 9.75. The highest BCUT2D eigenvalue weighted by atomic mass is 16.6. The molecule has 1 aliphatic heterocycles. The van der Waals surface area contributed by atoms with Gasteiger partial charge in [-0.3, -0.25) is 9.59 Å². The van der Waals surface area contributed by atoms with Crippen LogP contribution in [-0.2, 0) is 20.7 Å². The summed E-state index contributed by atoms with van der Waals surface area (Å²) in [6.45, 7) is 5.30. The van der Waals surface area contributed by atoms with E-state index in [1.165, 1.54) is 0 Å². The van der Waals surface area contributed by atoms with Crippen LogP contribution < -0.4 is 4.74 Å². The van der Waals surface area contributed by atoms with E-state index in [9.17, 15) is 9.59 Å². The van der Waals surface area contributed by atoms with E-state index in [-0.39, 0.29) is 18.3 Å². The van der Waals surface area contributed by atoms with Crippen LogP contribution in [0.4, 0.5) is 0 Å². The molecule has 0 spiro atoms. The van der Waals surface area contributed by atoms with Crippen molar-refractivity contribution in [3.63, 3.8) is 0 Å². The van der Waals surface area contributed by atoms with Crippen molar-refractivity contribution in [3.05, 3.63) is 41.7 Å². The van der Waals surface area contributed by atoms with Gasteiger partial charge >= 0.3 is 5.97 Å².